The molecule has 0 amide bonds. The van der Waals surface area contributed by atoms with E-state index >= 15 is 0 Å². The van der Waals surface area contributed by atoms with E-state index in [1.165, 1.54) is 0 Å². The minimum absolute atomic E-state index is 0.355. The maximum atomic E-state index is 10.8. The highest BCUT2D eigenvalue weighted by Gasteiger charge is 2.56. The van der Waals surface area contributed by atoms with Crippen LogP contribution in [0.25, 0.3) is 0 Å². The van der Waals surface area contributed by atoms with E-state index < -0.39 is 0 Å². The van der Waals surface area contributed by atoms with Gasteiger partial charge in [0, 0.05) is 5.92 Å². The SMILES string of the molecule is CC(=O)C1C2COC[C@@H]21. The summed E-state index contributed by atoms with van der Waals surface area (Å²) in [5.41, 5.74) is 0. The summed E-state index contributed by atoms with van der Waals surface area (Å²) in [6.45, 7) is 3.34. The van der Waals surface area contributed by atoms with Crippen LogP contribution in [0.3, 0.4) is 0 Å². The van der Waals surface area contributed by atoms with Crippen LogP contribution in [-0.4, -0.2) is 19.0 Å². The van der Waals surface area contributed by atoms with Crippen LogP contribution in [0.4, 0.5) is 0 Å². The molecule has 0 radical (unpaired) electrons. The molecule has 50 valence electrons. The summed E-state index contributed by atoms with van der Waals surface area (Å²) in [6.07, 6.45) is 0. The van der Waals surface area contributed by atoms with Gasteiger partial charge in [0.05, 0.1) is 13.2 Å². The number of ketones is 1. The van der Waals surface area contributed by atoms with Crippen molar-refractivity contribution >= 4 is 5.78 Å². The van der Waals surface area contributed by atoms with Crippen molar-refractivity contribution in [2.45, 2.75) is 6.92 Å². The molecule has 0 N–H and O–H groups in total. The van der Waals surface area contributed by atoms with Crippen LogP contribution >= 0.6 is 0 Å². The quantitative estimate of drug-likeness (QED) is 0.510. The molecule has 3 atom stereocenters. The largest absolute Gasteiger partial charge is 0.381 e. The zero-order valence-electron chi connectivity index (χ0n) is 5.46. The van der Waals surface area contributed by atoms with E-state index in [1.807, 2.05) is 0 Å². The van der Waals surface area contributed by atoms with Crippen LogP contribution in [0.2, 0.25) is 0 Å². The summed E-state index contributed by atoms with van der Waals surface area (Å²) < 4.78 is 5.13. The molecule has 0 bridgehead atoms. The minimum Gasteiger partial charge on any atom is -0.381 e. The van der Waals surface area contributed by atoms with E-state index in [2.05, 4.69) is 0 Å². The van der Waals surface area contributed by atoms with Crippen LogP contribution < -0.4 is 0 Å². The second kappa shape index (κ2) is 1.57. The highest BCUT2D eigenvalue weighted by Crippen LogP contribution is 2.50. The predicted molar refractivity (Wildman–Crippen MR) is 32.0 cm³/mol. The lowest BCUT2D eigenvalue weighted by molar-refractivity contribution is -0.119. The second-order valence-electron chi connectivity index (χ2n) is 3.00. The van der Waals surface area contributed by atoms with Gasteiger partial charge in [0.15, 0.2) is 0 Å². The van der Waals surface area contributed by atoms with Gasteiger partial charge in [-0.05, 0) is 18.8 Å². The molecule has 0 spiro atoms. The zero-order chi connectivity index (χ0) is 6.43. The van der Waals surface area contributed by atoms with Crippen molar-refractivity contribution in [1.29, 1.82) is 0 Å². The Morgan fingerprint density at radius 3 is 2.33 bits per heavy atom. The van der Waals surface area contributed by atoms with E-state index in [1.54, 1.807) is 6.92 Å². The van der Waals surface area contributed by atoms with Crippen LogP contribution in [0, 0.1) is 17.8 Å². The van der Waals surface area contributed by atoms with E-state index in [0.29, 0.717) is 23.5 Å². The lowest BCUT2D eigenvalue weighted by Crippen LogP contribution is -2.04. The Balaban J connectivity index is 2.02. The molecule has 1 saturated heterocycles. The maximum absolute atomic E-state index is 10.8. The first-order valence-corrected chi connectivity index (χ1v) is 3.39. The number of fused-ring (bicyclic) bond motifs is 1. The van der Waals surface area contributed by atoms with Gasteiger partial charge in [-0.3, -0.25) is 4.79 Å². The molecule has 2 heteroatoms. The van der Waals surface area contributed by atoms with Gasteiger partial charge < -0.3 is 4.74 Å². The Labute approximate surface area is 54.2 Å². The smallest absolute Gasteiger partial charge is 0.133 e. The van der Waals surface area contributed by atoms with E-state index in [9.17, 15) is 4.79 Å². The number of hydrogen-bond donors (Lipinski definition) is 0. The second-order valence-corrected chi connectivity index (χ2v) is 3.00. The number of rotatable bonds is 1. The zero-order valence-corrected chi connectivity index (χ0v) is 5.46. The first-order valence-electron chi connectivity index (χ1n) is 3.39. The van der Waals surface area contributed by atoms with E-state index in [0.717, 1.165) is 13.2 Å². The molecule has 1 aliphatic heterocycles. The van der Waals surface area contributed by atoms with Gasteiger partial charge in [-0.2, -0.15) is 0 Å². The van der Waals surface area contributed by atoms with Crippen molar-refractivity contribution in [1.82, 2.24) is 0 Å². The van der Waals surface area contributed by atoms with Crippen molar-refractivity contribution in [3.05, 3.63) is 0 Å². The molecular formula is C7H10O2. The summed E-state index contributed by atoms with van der Waals surface area (Å²) in [5, 5.41) is 0. The van der Waals surface area contributed by atoms with Crippen molar-refractivity contribution in [2.75, 3.05) is 13.2 Å². The average molecular weight is 126 g/mol. The predicted octanol–water partition coefficient (Wildman–Crippen LogP) is 0.468. The molecule has 1 heterocycles. The van der Waals surface area contributed by atoms with Crippen molar-refractivity contribution in [2.24, 2.45) is 17.8 Å². The molecule has 2 nitrogen and oxygen atoms in total. The third-order valence-corrected chi connectivity index (χ3v) is 2.42. The minimum atomic E-state index is 0.355. The fourth-order valence-corrected chi connectivity index (χ4v) is 1.84. The van der Waals surface area contributed by atoms with Gasteiger partial charge >= 0.3 is 0 Å². The van der Waals surface area contributed by atoms with E-state index in [4.69, 9.17) is 4.74 Å². The standard InChI is InChI=1S/C7H10O2/c1-4(8)7-5-2-9-3-6(5)7/h5-7H,2-3H2,1H3/t5-,6?,7?/m0/s1. The van der Waals surface area contributed by atoms with Crippen LogP contribution in [0.5, 0.6) is 0 Å². The Hall–Kier alpha value is -0.370. The summed E-state index contributed by atoms with van der Waals surface area (Å²) in [6, 6.07) is 0. The molecule has 2 rings (SSSR count). The number of carbonyl (C=O) groups excluding carboxylic acids is 1. The lowest BCUT2D eigenvalue weighted by Gasteiger charge is -1.97. The third-order valence-electron chi connectivity index (χ3n) is 2.42. The maximum Gasteiger partial charge on any atom is 0.133 e. The summed E-state index contributed by atoms with van der Waals surface area (Å²) in [4.78, 5) is 10.8. The average Bonchev–Trinajstić information content (AvgIpc) is 2.30. The Kier molecular flexibility index (Phi) is 0.943. The topological polar surface area (TPSA) is 26.3 Å². The summed E-state index contributed by atoms with van der Waals surface area (Å²) in [7, 11) is 0. The van der Waals surface area contributed by atoms with E-state index in [-0.39, 0.29) is 0 Å². The Morgan fingerprint density at radius 1 is 1.44 bits per heavy atom. The fraction of sp³-hybridized carbons (Fsp3) is 0.857. The molecule has 0 aromatic rings. The van der Waals surface area contributed by atoms with Crippen molar-refractivity contribution in [3.63, 3.8) is 0 Å². The molecule has 1 saturated carbocycles. The monoisotopic (exact) mass is 126 g/mol. The van der Waals surface area contributed by atoms with Crippen LogP contribution in [0.15, 0.2) is 0 Å². The highest BCUT2D eigenvalue weighted by molar-refractivity contribution is 5.82. The van der Waals surface area contributed by atoms with Gasteiger partial charge in [-0.1, -0.05) is 0 Å². The van der Waals surface area contributed by atoms with Gasteiger partial charge in [-0.15, -0.1) is 0 Å². The van der Waals surface area contributed by atoms with Gasteiger partial charge in [0.1, 0.15) is 5.78 Å². The normalized spacial score (nSPS) is 46.6. The number of carbonyl (C=O) groups is 1. The molecule has 0 aromatic heterocycles. The van der Waals surface area contributed by atoms with Crippen molar-refractivity contribution < 1.29 is 9.53 Å². The summed E-state index contributed by atoms with van der Waals surface area (Å²) >= 11 is 0. The molecule has 9 heavy (non-hydrogen) atoms. The van der Waals surface area contributed by atoms with Gasteiger partial charge in [0.2, 0.25) is 0 Å². The highest BCUT2D eigenvalue weighted by atomic mass is 16.5. The van der Waals surface area contributed by atoms with Gasteiger partial charge in [-0.25, -0.2) is 0 Å². The molecule has 1 aliphatic carbocycles. The fourth-order valence-electron chi connectivity index (χ4n) is 1.84. The number of hydrogen-bond acceptors (Lipinski definition) is 2. The molecule has 0 aromatic carbocycles. The Morgan fingerprint density at radius 2 is 2.00 bits per heavy atom. The molecule has 2 unspecified atom stereocenters. The van der Waals surface area contributed by atoms with Crippen molar-refractivity contribution in [3.8, 4) is 0 Å². The Bertz CT molecular complexity index is 143. The molecular weight excluding hydrogens is 116 g/mol. The van der Waals surface area contributed by atoms with Crippen LogP contribution in [0.1, 0.15) is 6.92 Å². The number of Topliss-reactive ketones (excluding diaryl/α,β-unsaturated/α-hetero) is 1. The third kappa shape index (κ3) is 0.628. The first-order chi connectivity index (χ1) is 4.30. The van der Waals surface area contributed by atoms with Gasteiger partial charge in [0.25, 0.3) is 0 Å². The van der Waals surface area contributed by atoms with Crippen LogP contribution in [-0.2, 0) is 9.53 Å². The molecule has 2 aliphatic rings. The summed E-state index contributed by atoms with van der Waals surface area (Å²) in [5.74, 6) is 1.93. The molecule has 2 fully saturated rings. The first kappa shape index (κ1) is 5.42. The number of ether oxygens (including phenoxy) is 1. The lowest BCUT2D eigenvalue weighted by atomic mass is 10.2.